The molecule has 0 atom stereocenters. The van der Waals surface area contributed by atoms with Gasteiger partial charge in [0.25, 0.3) is 0 Å². The molecule has 1 saturated heterocycles. The fraction of sp³-hybridized carbons (Fsp3) is 0.500. The number of hydrogen-bond donors (Lipinski definition) is 0. The van der Waals surface area contributed by atoms with Gasteiger partial charge in [-0.05, 0) is 55.2 Å². The largest absolute Gasteiger partial charge is 0.493 e. The molecule has 0 radical (unpaired) electrons. The first-order valence-electron chi connectivity index (χ1n) is 9.65. The van der Waals surface area contributed by atoms with Gasteiger partial charge in [0.05, 0.1) is 23.0 Å². The van der Waals surface area contributed by atoms with Crippen molar-refractivity contribution in [3.05, 3.63) is 48.4 Å². The van der Waals surface area contributed by atoms with Crippen molar-refractivity contribution in [3.63, 3.8) is 0 Å². The average Bonchev–Trinajstić information content (AvgIpc) is 3.19. The molecule has 1 aromatic carbocycles. The van der Waals surface area contributed by atoms with Crippen molar-refractivity contribution < 1.29 is 26.0 Å². The monoisotopic (exact) mass is 441 g/mol. The van der Waals surface area contributed by atoms with Crippen molar-refractivity contribution in [1.82, 2.24) is 4.31 Å². The Hall–Kier alpha value is -1.84. The molecule has 9 heteroatoms. The summed E-state index contributed by atoms with van der Waals surface area (Å²) in [6.07, 6.45) is 1.99. The molecular formula is C20H27NO6S2. The van der Waals surface area contributed by atoms with Crippen LogP contribution in [0.4, 0.5) is 0 Å². The second kappa shape index (κ2) is 8.89. The van der Waals surface area contributed by atoms with E-state index < -0.39 is 25.1 Å². The summed E-state index contributed by atoms with van der Waals surface area (Å²) in [4.78, 5) is 0.186. The van der Waals surface area contributed by atoms with Gasteiger partial charge in [0, 0.05) is 13.1 Å². The lowest BCUT2D eigenvalue weighted by Gasteiger charge is -2.30. The highest BCUT2D eigenvalue weighted by atomic mass is 32.2. The van der Waals surface area contributed by atoms with Gasteiger partial charge in [0.1, 0.15) is 17.3 Å². The zero-order valence-corrected chi connectivity index (χ0v) is 18.3. The summed E-state index contributed by atoms with van der Waals surface area (Å²) in [5.41, 5.74) is 0. The molecular weight excluding hydrogens is 414 g/mol. The molecule has 0 amide bonds. The van der Waals surface area contributed by atoms with E-state index >= 15 is 0 Å². The third kappa shape index (κ3) is 5.40. The number of rotatable bonds is 8. The first-order valence-corrected chi connectivity index (χ1v) is 12.8. The molecule has 0 bridgehead atoms. The van der Waals surface area contributed by atoms with E-state index in [4.69, 9.17) is 9.15 Å². The molecule has 2 aromatic rings. The number of benzene rings is 1. The van der Waals surface area contributed by atoms with Crippen LogP contribution in [0, 0.1) is 5.92 Å². The van der Waals surface area contributed by atoms with Gasteiger partial charge in [0.2, 0.25) is 10.0 Å². The van der Waals surface area contributed by atoms with Crippen LogP contribution in [0.25, 0.3) is 0 Å². The topological polar surface area (TPSA) is 93.9 Å². The second-order valence-corrected chi connectivity index (χ2v) is 11.9. The number of piperidine rings is 1. The molecule has 0 N–H and O–H groups in total. The summed E-state index contributed by atoms with van der Waals surface area (Å²) in [5.74, 6) is 1.25. The van der Waals surface area contributed by atoms with Crippen LogP contribution >= 0.6 is 0 Å². The van der Waals surface area contributed by atoms with E-state index in [0.29, 0.717) is 24.0 Å². The molecule has 3 rings (SSSR count). The van der Waals surface area contributed by atoms with Crippen LogP contribution in [0.3, 0.4) is 0 Å². The number of sulfone groups is 1. The van der Waals surface area contributed by atoms with E-state index in [-0.39, 0.29) is 36.6 Å². The molecule has 29 heavy (non-hydrogen) atoms. The SMILES string of the molecule is CC(C)COc1ccc(S(=O)(=O)N2CCC(S(=O)(=O)Cc3ccco3)CC2)cc1. The van der Waals surface area contributed by atoms with Crippen molar-refractivity contribution in [2.24, 2.45) is 5.92 Å². The Morgan fingerprint density at radius 3 is 2.28 bits per heavy atom. The van der Waals surface area contributed by atoms with E-state index in [1.807, 2.05) is 13.8 Å². The molecule has 1 aliphatic rings. The molecule has 0 saturated carbocycles. The fourth-order valence-corrected chi connectivity index (χ4v) is 6.46. The van der Waals surface area contributed by atoms with Crippen LogP contribution in [-0.2, 0) is 25.6 Å². The van der Waals surface area contributed by atoms with E-state index in [1.54, 1.807) is 24.3 Å². The first-order chi connectivity index (χ1) is 13.7. The van der Waals surface area contributed by atoms with Gasteiger partial charge in [0.15, 0.2) is 9.84 Å². The fourth-order valence-electron chi connectivity index (χ4n) is 3.26. The van der Waals surface area contributed by atoms with Crippen LogP contribution in [0.2, 0.25) is 0 Å². The normalized spacial score (nSPS) is 16.9. The zero-order valence-electron chi connectivity index (χ0n) is 16.7. The molecule has 1 aromatic heterocycles. The third-order valence-electron chi connectivity index (χ3n) is 4.88. The highest BCUT2D eigenvalue weighted by Gasteiger charge is 2.35. The van der Waals surface area contributed by atoms with Crippen molar-refractivity contribution in [2.75, 3.05) is 19.7 Å². The van der Waals surface area contributed by atoms with Crippen LogP contribution in [0.5, 0.6) is 5.75 Å². The molecule has 0 unspecified atom stereocenters. The molecule has 7 nitrogen and oxygen atoms in total. The summed E-state index contributed by atoms with van der Waals surface area (Å²) in [7, 11) is -7.06. The van der Waals surface area contributed by atoms with Crippen molar-refractivity contribution in [2.45, 2.75) is 42.6 Å². The van der Waals surface area contributed by atoms with Gasteiger partial charge in [-0.1, -0.05) is 13.8 Å². The Morgan fingerprint density at radius 1 is 1.07 bits per heavy atom. The maximum Gasteiger partial charge on any atom is 0.243 e. The molecule has 1 fully saturated rings. The van der Waals surface area contributed by atoms with Gasteiger partial charge >= 0.3 is 0 Å². The first kappa shape index (κ1) is 21.9. The Labute approximate surface area is 172 Å². The molecule has 2 heterocycles. The lowest BCUT2D eigenvalue weighted by molar-refractivity contribution is 0.271. The van der Waals surface area contributed by atoms with Gasteiger partial charge in [-0.15, -0.1) is 0 Å². The molecule has 160 valence electrons. The van der Waals surface area contributed by atoms with E-state index in [2.05, 4.69) is 0 Å². The van der Waals surface area contributed by atoms with E-state index in [9.17, 15) is 16.8 Å². The van der Waals surface area contributed by atoms with Crippen LogP contribution in [0.1, 0.15) is 32.4 Å². The summed E-state index contributed by atoms with van der Waals surface area (Å²) in [5, 5.41) is -0.564. The minimum Gasteiger partial charge on any atom is -0.493 e. The van der Waals surface area contributed by atoms with Crippen molar-refractivity contribution >= 4 is 19.9 Å². The Balaban J connectivity index is 1.62. The minimum atomic E-state index is -3.66. The third-order valence-corrected chi connectivity index (χ3v) is 8.96. The van der Waals surface area contributed by atoms with Crippen LogP contribution < -0.4 is 4.74 Å². The Bertz CT molecular complexity index is 988. The van der Waals surface area contributed by atoms with E-state index in [0.717, 1.165) is 0 Å². The van der Waals surface area contributed by atoms with Crippen LogP contribution in [-0.4, -0.2) is 46.1 Å². The number of ether oxygens (including phenoxy) is 1. The quantitative estimate of drug-likeness (QED) is 0.625. The van der Waals surface area contributed by atoms with Crippen molar-refractivity contribution in [3.8, 4) is 5.75 Å². The second-order valence-electron chi connectivity index (χ2n) is 7.67. The van der Waals surface area contributed by atoms with Crippen molar-refractivity contribution in [1.29, 1.82) is 0 Å². The standard InChI is InChI=1S/C20H27NO6S2/c1-16(2)14-27-17-5-7-20(8-6-17)29(24,25)21-11-9-19(10-12-21)28(22,23)15-18-4-3-13-26-18/h3-8,13,16,19H,9-12,14-15H2,1-2H3. The summed E-state index contributed by atoms with van der Waals surface area (Å²) in [6, 6.07) is 9.64. The number of hydrogen-bond acceptors (Lipinski definition) is 6. The molecule has 0 aliphatic carbocycles. The van der Waals surface area contributed by atoms with Gasteiger partial charge < -0.3 is 9.15 Å². The zero-order chi connectivity index (χ0) is 21.1. The van der Waals surface area contributed by atoms with Crippen LogP contribution in [0.15, 0.2) is 52.0 Å². The summed E-state index contributed by atoms with van der Waals surface area (Å²) < 4.78 is 63.1. The predicted octanol–water partition coefficient (Wildman–Crippen LogP) is 3.08. The molecule has 1 aliphatic heterocycles. The lowest BCUT2D eigenvalue weighted by atomic mass is 10.2. The highest BCUT2D eigenvalue weighted by molar-refractivity contribution is 7.91. The Kier molecular flexibility index (Phi) is 6.70. The van der Waals surface area contributed by atoms with E-state index in [1.165, 1.54) is 22.7 Å². The number of nitrogens with zero attached hydrogens (tertiary/aromatic N) is 1. The maximum absolute atomic E-state index is 12.9. The number of sulfonamides is 1. The Morgan fingerprint density at radius 2 is 1.72 bits per heavy atom. The predicted molar refractivity (Wildman–Crippen MR) is 110 cm³/mol. The van der Waals surface area contributed by atoms with Gasteiger partial charge in [-0.3, -0.25) is 0 Å². The number of furan rings is 1. The molecule has 0 spiro atoms. The average molecular weight is 442 g/mol. The summed E-state index contributed by atoms with van der Waals surface area (Å²) >= 11 is 0. The smallest absolute Gasteiger partial charge is 0.243 e. The van der Waals surface area contributed by atoms with Gasteiger partial charge in [-0.2, -0.15) is 4.31 Å². The lowest BCUT2D eigenvalue weighted by Crippen LogP contribution is -2.42. The maximum atomic E-state index is 12.9. The highest BCUT2D eigenvalue weighted by Crippen LogP contribution is 2.27. The summed E-state index contributed by atoms with van der Waals surface area (Å²) in [6.45, 7) is 4.99. The minimum absolute atomic E-state index is 0.157. The van der Waals surface area contributed by atoms with Gasteiger partial charge in [-0.25, -0.2) is 16.8 Å².